The highest BCUT2D eigenvalue weighted by molar-refractivity contribution is 5.31. The largest absolute Gasteiger partial charge is 0.385 e. The highest BCUT2D eigenvalue weighted by Crippen LogP contribution is 2.38. The zero-order chi connectivity index (χ0) is 14.0. The smallest absolute Gasteiger partial charge is 0.0884 e. The van der Waals surface area contributed by atoms with E-state index in [-0.39, 0.29) is 6.04 Å². The summed E-state index contributed by atoms with van der Waals surface area (Å²) in [6, 6.07) is 8.78. The summed E-state index contributed by atoms with van der Waals surface area (Å²) < 4.78 is 5.48. The van der Waals surface area contributed by atoms with E-state index in [9.17, 15) is 5.11 Å². The van der Waals surface area contributed by atoms with Crippen molar-refractivity contribution in [2.45, 2.75) is 50.2 Å². The summed E-state index contributed by atoms with van der Waals surface area (Å²) in [5.41, 5.74) is 1.63. The van der Waals surface area contributed by atoms with Gasteiger partial charge >= 0.3 is 0 Å². The molecule has 2 unspecified atom stereocenters. The molecular weight excluding hydrogens is 250 g/mol. The van der Waals surface area contributed by atoms with Crippen LogP contribution >= 0.6 is 0 Å². The van der Waals surface area contributed by atoms with Crippen LogP contribution in [0.5, 0.6) is 0 Å². The Kier molecular flexibility index (Phi) is 4.11. The fourth-order valence-electron chi connectivity index (χ4n) is 3.22. The topological polar surface area (TPSA) is 41.5 Å². The zero-order valence-electron chi connectivity index (χ0n) is 12.3. The minimum atomic E-state index is -0.794. The standard InChI is InChI=1S/C17H25NO2/c1-17(19,11-16-12-20-9-8-18-16)15-7-3-6-14(10-15)13-4-2-5-13/h3,6-7,10,13,16,18-19H,2,4-5,8-9,11-12H2,1H3. The van der Waals surface area contributed by atoms with Crippen LogP contribution in [0, 0.1) is 0 Å². The summed E-state index contributed by atoms with van der Waals surface area (Å²) in [4.78, 5) is 0. The number of nitrogens with one attached hydrogen (secondary N) is 1. The molecule has 1 aliphatic carbocycles. The number of rotatable bonds is 4. The Labute approximate surface area is 121 Å². The van der Waals surface area contributed by atoms with Gasteiger partial charge < -0.3 is 15.2 Å². The fraction of sp³-hybridized carbons (Fsp3) is 0.647. The number of aliphatic hydroxyl groups is 1. The van der Waals surface area contributed by atoms with Gasteiger partial charge in [0.2, 0.25) is 0 Å². The average molecular weight is 275 g/mol. The molecule has 110 valence electrons. The van der Waals surface area contributed by atoms with Crippen LogP contribution in [0.3, 0.4) is 0 Å². The van der Waals surface area contributed by atoms with Gasteiger partial charge in [-0.15, -0.1) is 0 Å². The number of benzene rings is 1. The Hall–Kier alpha value is -0.900. The quantitative estimate of drug-likeness (QED) is 0.887. The van der Waals surface area contributed by atoms with Crippen molar-refractivity contribution in [3.05, 3.63) is 35.4 Å². The van der Waals surface area contributed by atoms with Gasteiger partial charge in [-0.05, 0) is 43.2 Å². The first kappa shape index (κ1) is 14.1. The van der Waals surface area contributed by atoms with E-state index in [0.717, 1.165) is 18.7 Å². The molecule has 20 heavy (non-hydrogen) atoms. The molecule has 1 aromatic rings. The Morgan fingerprint density at radius 1 is 1.40 bits per heavy atom. The molecule has 1 aliphatic heterocycles. The Balaban J connectivity index is 1.71. The van der Waals surface area contributed by atoms with Gasteiger partial charge in [-0.3, -0.25) is 0 Å². The van der Waals surface area contributed by atoms with E-state index in [2.05, 4.69) is 23.5 Å². The third-order valence-corrected chi connectivity index (χ3v) is 4.73. The lowest BCUT2D eigenvalue weighted by molar-refractivity contribution is 0.00315. The number of ether oxygens (including phenoxy) is 1. The van der Waals surface area contributed by atoms with Crippen molar-refractivity contribution in [3.8, 4) is 0 Å². The number of hydrogen-bond acceptors (Lipinski definition) is 3. The molecule has 3 nitrogen and oxygen atoms in total. The van der Waals surface area contributed by atoms with Crippen molar-refractivity contribution in [2.24, 2.45) is 0 Å². The van der Waals surface area contributed by atoms with Gasteiger partial charge in [0.25, 0.3) is 0 Å². The lowest BCUT2D eigenvalue weighted by Crippen LogP contribution is -2.45. The molecule has 0 spiro atoms. The lowest BCUT2D eigenvalue weighted by Gasteiger charge is -2.33. The van der Waals surface area contributed by atoms with Crippen molar-refractivity contribution >= 4 is 0 Å². The second kappa shape index (κ2) is 5.84. The van der Waals surface area contributed by atoms with E-state index < -0.39 is 5.60 Å². The molecule has 2 atom stereocenters. The molecule has 2 fully saturated rings. The SMILES string of the molecule is CC(O)(CC1COCCN1)c1cccc(C2CCC2)c1. The summed E-state index contributed by atoms with van der Waals surface area (Å²) in [5, 5.41) is 14.3. The third kappa shape index (κ3) is 3.05. The summed E-state index contributed by atoms with van der Waals surface area (Å²) >= 11 is 0. The van der Waals surface area contributed by atoms with E-state index >= 15 is 0 Å². The predicted octanol–water partition coefficient (Wildman–Crippen LogP) is 2.54. The second-order valence-corrected chi connectivity index (χ2v) is 6.46. The van der Waals surface area contributed by atoms with Crippen molar-refractivity contribution in [3.63, 3.8) is 0 Å². The average Bonchev–Trinajstić information content (AvgIpc) is 2.38. The molecule has 1 saturated carbocycles. The van der Waals surface area contributed by atoms with Crippen molar-refractivity contribution in [1.82, 2.24) is 5.32 Å². The van der Waals surface area contributed by atoms with Crippen molar-refractivity contribution < 1.29 is 9.84 Å². The molecule has 2 aliphatic rings. The summed E-state index contributed by atoms with van der Waals surface area (Å²) in [6.07, 6.45) is 4.63. The minimum Gasteiger partial charge on any atom is -0.385 e. The summed E-state index contributed by atoms with van der Waals surface area (Å²) in [6.45, 7) is 4.26. The molecule has 3 rings (SSSR count). The van der Waals surface area contributed by atoms with Gasteiger partial charge in [-0.1, -0.05) is 30.7 Å². The van der Waals surface area contributed by atoms with E-state index in [4.69, 9.17) is 4.74 Å². The van der Waals surface area contributed by atoms with Crippen molar-refractivity contribution in [2.75, 3.05) is 19.8 Å². The third-order valence-electron chi connectivity index (χ3n) is 4.73. The molecule has 0 radical (unpaired) electrons. The second-order valence-electron chi connectivity index (χ2n) is 6.46. The van der Waals surface area contributed by atoms with Gasteiger partial charge in [0.1, 0.15) is 0 Å². The molecule has 2 N–H and O–H groups in total. The van der Waals surface area contributed by atoms with E-state index in [1.807, 2.05) is 13.0 Å². The first-order valence-corrected chi connectivity index (χ1v) is 7.79. The maximum absolute atomic E-state index is 10.8. The predicted molar refractivity (Wildman–Crippen MR) is 79.8 cm³/mol. The molecule has 1 saturated heterocycles. The van der Waals surface area contributed by atoms with Crippen LogP contribution in [0.1, 0.15) is 49.7 Å². The van der Waals surface area contributed by atoms with E-state index in [1.165, 1.54) is 24.8 Å². The minimum absolute atomic E-state index is 0.242. The Morgan fingerprint density at radius 2 is 2.25 bits per heavy atom. The number of morpholine rings is 1. The lowest BCUT2D eigenvalue weighted by atomic mass is 9.78. The van der Waals surface area contributed by atoms with Gasteiger partial charge in [0.05, 0.1) is 18.8 Å². The first-order chi connectivity index (χ1) is 9.65. The Morgan fingerprint density at radius 3 is 2.90 bits per heavy atom. The first-order valence-electron chi connectivity index (χ1n) is 7.79. The molecule has 0 amide bonds. The van der Waals surface area contributed by atoms with Crippen LogP contribution in [0.2, 0.25) is 0 Å². The molecule has 1 aromatic carbocycles. The Bertz CT molecular complexity index is 448. The summed E-state index contributed by atoms with van der Waals surface area (Å²) in [7, 11) is 0. The maximum atomic E-state index is 10.8. The van der Waals surface area contributed by atoms with E-state index in [0.29, 0.717) is 18.9 Å². The zero-order valence-corrected chi connectivity index (χ0v) is 12.3. The highest BCUT2D eigenvalue weighted by Gasteiger charge is 2.29. The van der Waals surface area contributed by atoms with Gasteiger partial charge in [-0.2, -0.15) is 0 Å². The molecule has 1 heterocycles. The highest BCUT2D eigenvalue weighted by atomic mass is 16.5. The van der Waals surface area contributed by atoms with E-state index in [1.54, 1.807) is 0 Å². The van der Waals surface area contributed by atoms with Crippen molar-refractivity contribution in [1.29, 1.82) is 0 Å². The normalized spacial score (nSPS) is 26.8. The number of hydrogen-bond donors (Lipinski definition) is 2. The molecule has 0 bridgehead atoms. The van der Waals surface area contributed by atoms with Crippen LogP contribution < -0.4 is 5.32 Å². The summed E-state index contributed by atoms with van der Waals surface area (Å²) in [5.74, 6) is 0.710. The molecule has 3 heteroatoms. The molecule has 0 aromatic heterocycles. The van der Waals surface area contributed by atoms with Crippen LogP contribution in [0.15, 0.2) is 24.3 Å². The van der Waals surface area contributed by atoms with Gasteiger partial charge in [-0.25, -0.2) is 0 Å². The fourth-order valence-corrected chi connectivity index (χ4v) is 3.22. The van der Waals surface area contributed by atoms with Crippen LogP contribution in [0.25, 0.3) is 0 Å². The molecular formula is C17H25NO2. The van der Waals surface area contributed by atoms with Crippen LogP contribution in [0.4, 0.5) is 0 Å². The van der Waals surface area contributed by atoms with Gasteiger partial charge in [0, 0.05) is 12.6 Å². The van der Waals surface area contributed by atoms with Crippen LogP contribution in [-0.2, 0) is 10.3 Å². The van der Waals surface area contributed by atoms with Crippen LogP contribution in [-0.4, -0.2) is 30.9 Å². The van der Waals surface area contributed by atoms with Gasteiger partial charge in [0.15, 0.2) is 0 Å². The maximum Gasteiger partial charge on any atom is 0.0884 e. The monoisotopic (exact) mass is 275 g/mol.